The van der Waals surface area contributed by atoms with E-state index in [0.29, 0.717) is 11.5 Å². The van der Waals surface area contributed by atoms with Crippen LogP contribution in [0.1, 0.15) is 10.4 Å². The molecular weight excluding hydrogens is 244 g/mol. The predicted octanol–water partition coefficient (Wildman–Crippen LogP) is 1.73. The molecule has 19 heavy (non-hydrogen) atoms. The van der Waals surface area contributed by atoms with Gasteiger partial charge in [-0.15, -0.1) is 0 Å². The van der Waals surface area contributed by atoms with Crippen LogP contribution in [0.25, 0.3) is 11.1 Å². The number of carbonyl (C=O) groups is 1. The molecule has 2 aromatic rings. The van der Waals surface area contributed by atoms with Crippen LogP contribution in [0, 0.1) is 0 Å². The first-order valence-electron chi connectivity index (χ1n) is 5.69. The lowest BCUT2D eigenvalue weighted by Gasteiger charge is -2.11. The second-order valence-corrected chi connectivity index (χ2v) is 3.93. The van der Waals surface area contributed by atoms with E-state index < -0.39 is 5.97 Å². The number of carbonyl (C=O) groups excluding carboxylic acids is 1. The van der Waals surface area contributed by atoms with Gasteiger partial charge >= 0.3 is 0 Å². The lowest BCUT2D eigenvalue weighted by Crippen LogP contribution is -2.21. The minimum atomic E-state index is -1.19. The number of carboxylic acids is 1. The molecule has 0 amide bonds. The Hall–Kier alpha value is -2.49. The average Bonchev–Trinajstić information content (AvgIpc) is 2.46. The summed E-state index contributed by atoms with van der Waals surface area (Å²) in [5.74, 6) is 0.214. The molecule has 0 aliphatic heterocycles. The second-order valence-electron chi connectivity index (χ2n) is 3.93. The van der Waals surface area contributed by atoms with E-state index in [2.05, 4.69) is 0 Å². The van der Waals surface area contributed by atoms with Gasteiger partial charge in [-0.3, -0.25) is 0 Å². The molecule has 0 unspecified atom stereocenters. The smallest absolute Gasteiger partial charge is 0.126 e. The molecule has 0 saturated carbocycles. The maximum absolute atomic E-state index is 10.7. The van der Waals surface area contributed by atoms with Gasteiger partial charge in [0.05, 0.1) is 20.2 Å². The molecule has 2 rings (SSSR count). The first-order valence-corrected chi connectivity index (χ1v) is 5.69. The Bertz CT molecular complexity index is 588. The molecule has 0 aromatic heterocycles. The van der Waals surface area contributed by atoms with E-state index >= 15 is 0 Å². The van der Waals surface area contributed by atoms with E-state index in [1.54, 1.807) is 38.5 Å². The van der Waals surface area contributed by atoms with Crippen LogP contribution in [0.5, 0.6) is 11.5 Å². The molecule has 0 fully saturated rings. The summed E-state index contributed by atoms with van der Waals surface area (Å²) in [5.41, 5.74) is 1.83. The van der Waals surface area contributed by atoms with Gasteiger partial charge in [0.2, 0.25) is 0 Å². The van der Waals surface area contributed by atoms with Gasteiger partial charge in [0, 0.05) is 5.56 Å². The van der Waals surface area contributed by atoms with Gasteiger partial charge < -0.3 is 19.4 Å². The van der Waals surface area contributed by atoms with Crippen molar-refractivity contribution in [2.24, 2.45) is 0 Å². The van der Waals surface area contributed by atoms with Crippen molar-refractivity contribution in [3.8, 4) is 22.6 Å². The third kappa shape index (κ3) is 2.68. The van der Waals surface area contributed by atoms with Crippen LogP contribution < -0.4 is 14.6 Å². The van der Waals surface area contributed by atoms with Crippen LogP contribution in [-0.4, -0.2) is 20.2 Å². The Balaban J connectivity index is 2.47. The maximum Gasteiger partial charge on any atom is 0.126 e. The Labute approximate surface area is 111 Å². The molecule has 0 aliphatic carbocycles. The molecular formula is C15H13O4-. The zero-order valence-electron chi connectivity index (χ0n) is 10.7. The number of carboxylic acid groups (broad SMARTS) is 1. The maximum atomic E-state index is 10.7. The van der Waals surface area contributed by atoms with Gasteiger partial charge in [0.15, 0.2) is 0 Å². The molecule has 0 aliphatic rings. The quantitative estimate of drug-likeness (QED) is 0.837. The molecule has 0 saturated heterocycles. The highest BCUT2D eigenvalue weighted by atomic mass is 16.5. The van der Waals surface area contributed by atoms with Crippen molar-refractivity contribution in [1.29, 1.82) is 0 Å². The van der Waals surface area contributed by atoms with Crippen molar-refractivity contribution >= 4 is 5.97 Å². The summed E-state index contributed by atoms with van der Waals surface area (Å²) in [5, 5.41) is 10.7. The molecule has 4 heteroatoms. The Morgan fingerprint density at radius 1 is 1.00 bits per heavy atom. The van der Waals surface area contributed by atoms with Gasteiger partial charge in [-0.1, -0.05) is 24.3 Å². The summed E-state index contributed by atoms with van der Waals surface area (Å²) < 4.78 is 10.5. The van der Waals surface area contributed by atoms with Crippen LogP contribution in [0.15, 0.2) is 42.5 Å². The second kappa shape index (κ2) is 5.44. The van der Waals surface area contributed by atoms with Crippen LogP contribution in [-0.2, 0) is 0 Å². The van der Waals surface area contributed by atoms with Crippen molar-refractivity contribution in [2.75, 3.05) is 14.2 Å². The Morgan fingerprint density at radius 2 is 1.68 bits per heavy atom. The van der Waals surface area contributed by atoms with E-state index in [1.807, 2.05) is 6.07 Å². The molecule has 98 valence electrons. The van der Waals surface area contributed by atoms with Crippen LogP contribution in [0.4, 0.5) is 0 Å². The molecule has 0 bridgehead atoms. The zero-order chi connectivity index (χ0) is 13.8. The fourth-order valence-electron chi connectivity index (χ4n) is 1.83. The third-order valence-corrected chi connectivity index (χ3v) is 2.84. The van der Waals surface area contributed by atoms with Gasteiger partial charge in [0.1, 0.15) is 11.5 Å². The zero-order valence-corrected chi connectivity index (χ0v) is 10.7. The summed E-state index contributed by atoms with van der Waals surface area (Å²) in [6, 6.07) is 11.9. The number of aromatic carboxylic acids is 1. The lowest BCUT2D eigenvalue weighted by atomic mass is 10.0. The highest BCUT2D eigenvalue weighted by molar-refractivity contribution is 5.87. The number of hydrogen-bond acceptors (Lipinski definition) is 4. The SMILES string of the molecule is COc1ccc(OC)c(-c2ccc(C(=O)[O-])cc2)c1. The molecule has 0 atom stereocenters. The van der Waals surface area contributed by atoms with E-state index in [1.165, 1.54) is 12.1 Å². The minimum absolute atomic E-state index is 0.144. The molecule has 4 nitrogen and oxygen atoms in total. The van der Waals surface area contributed by atoms with Crippen molar-refractivity contribution in [1.82, 2.24) is 0 Å². The van der Waals surface area contributed by atoms with Crippen LogP contribution in [0.3, 0.4) is 0 Å². The minimum Gasteiger partial charge on any atom is -0.545 e. The molecule has 0 heterocycles. The number of benzene rings is 2. The van der Waals surface area contributed by atoms with Gasteiger partial charge in [-0.2, -0.15) is 0 Å². The standard InChI is InChI=1S/C15H14O4/c1-18-12-7-8-14(19-2)13(9-12)10-3-5-11(6-4-10)15(16)17/h3-9H,1-2H3,(H,16,17)/p-1. The highest BCUT2D eigenvalue weighted by Crippen LogP contribution is 2.33. The number of methoxy groups -OCH3 is 2. The summed E-state index contributed by atoms with van der Waals surface area (Å²) in [4.78, 5) is 10.7. The van der Waals surface area contributed by atoms with E-state index in [9.17, 15) is 9.90 Å². The monoisotopic (exact) mass is 257 g/mol. The molecule has 0 N–H and O–H groups in total. The fourth-order valence-corrected chi connectivity index (χ4v) is 1.83. The van der Waals surface area contributed by atoms with Crippen molar-refractivity contribution < 1.29 is 19.4 Å². The highest BCUT2D eigenvalue weighted by Gasteiger charge is 2.07. The number of hydrogen-bond donors (Lipinski definition) is 0. The van der Waals surface area contributed by atoms with Crippen LogP contribution >= 0.6 is 0 Å². The topological polar surface area (TPSA) is 58.6 Å². The van der Waals surface area contributed by atoms with E-state index in [0.717, 1.165) is 11.1 Å². The van der Waals surface area contributed by atoms with Gasteiger partial charge in [-0.25, -0.2) is 0 Å². The normalized spacial score (nSPS) is 10.0. The number of ether oxygens (including phenoxy) is 2. The fraction of sp³-hybridized carbons (Fsp3) is 0.133. The van der Waals surface area contributed by atoms with Crippen molar-refractivity contribution in [3.05, 3.63) is 48.0 Å². The lowest BCUT2D eigenvalue weighted by molar-refractivity contribution is -0.255. The molecule has 0 spiro atoms. The summed E-state index contributed by atoms with van der Waals surface area (Å²) in [7, 11) is 3.17. The van der Waals surface area contributed by atoms with Crippen molar-refractivity contribution in [2.45, 2.75) is 0 Å². The first-order chi connectivity index (χ1) is 9.15. The Morgan fingerprint density at radius 3 is 2.21 bits per heavy atom. The summed E-state index contributed by atoms with van der Waals surface area (Å²) in [6.45, 7) is 0. The van der Waals surface area contributed by atoms with Gasteiger partial charge in [0.25, 0.3) is 0 Å². The van der Waals surface area contributed by atoms with Crippen molar-refractivity contribution in [3.63, 3.8) is 0 Å². The molecule has 2 aromatic carbocycles. The van der Waals surface area contributed by atoms with Crippen LogP contribution in [0.2, 0.25) is 0 Å². The van der Waals surface area contributed by atoms with E-state index in [-0.39, 0.29) is 5.56 Å². The Kier molecular flexibility index (Phi) is 3.71. The first kappa shape index (κ1) is 13.0. The largest absolute Gasteiger partial charge is 0.545 e. The number of rotatable bonds is 4. The van der Waals surface area contributed by atoms with E-state index in [4.69, 9.17) is 9.47 Å². The third-order valence-electron chi connectivity index (χ3n) is 2.84. The average molecular weight is 257 g/mol. The summed E-state index contributed by atoms with van der Waals surface area (Å²) >= 11 is 0. The predicted molar refractivity (Wildman–Crippen MR) is 69.3 cm³/mol. The molecule has 0 radical (unpaired) electrons. The summed E-state index contributed by atoms with van der Waals surface area (Å²) in [6.07, 6.45) is 0. The van der Waals surface area contributed by atoms with Gasteiger partial charge in [-0.05, 0) is 29.3 Å².